The first kappa shape index (κ1) is 68.6. The molecule has 0 unspecified atom stereocenters. The lowest BCUT2D eigenvalue weighted by atomic mass is 10.5. The molecular formula is C12H39O2+. The maximum atomic E-state index is 9.44. The molecule has 0 aliphatic rings. The molecule has 0 saturated heterocycles. The lowest BCUT2D eigenvalue weighted by Gasteiger charge is -1.80. The van der Waals surface area contributed by atoms with E-state index in [4.69, 9.17) is 5.11 Å². The van der Waals surface area contributed by atoms with Gasteiger partial charge >= 0.3 is 1.43 Å². The van der Waals surface area contributed by atoms with Crippen LogP contribution in [0.1, 0.15) is 73.7 Å². The van der Waals surface area contributed by atoms with E-state index in [2.05, 4.69) is 0 Å². The normalized spacial score (nSPS) is 4.43. The first-order valence-electron chi connectivity index (χ1n) is 2.62. The molecule has 0 fully saturated rings. The Kier molecular flexibility index (Phi) is 264. The quantitative estimate of drug-likeness (QED) is 0.623. The third-order valence-corrected chi connectivity index (χ3v) is 0. The average Bonchev–Trinajstić information content (AvgIpc) is 1.25. The minimum Gasteiger partial charge on any atom is -0.394 e. The second-order valence-corrected chi connectivity index (χ2v) is 2.00. The van der Waals surface area contributed by atoms with Crippen molar-refractivity contribution in [2.75, 3.05) is 0 Å². The van der Waals surface area contributed by atoms with Crippen LogP contribution in [0.25, 0.3) is 0 Å². The van der Waals surface area contributed by atoms with E-state index in [1.54, 1.807) is 13.8 Å². The summed E-state index contributed by atoms with van der Waals surface area (Å²) in [4.78, 5) is 9.44. The van der Waals surface area contributed by atoms with Crippen LogP contribution in [0.3, 0.4) is 0 Å². The van der Waals surface area contributed by atoms with Crippen LogP contribution in [0.2, 0.25) is 0 Å². The molecule has 0 aromatic carbocycles. The average molecular weight is 215 g/mol. The maximum Gasteiger partial charge on any atom is 1.00 e. The maximum absolute atomic E-state index is 9.44. The zero-order valence-electron chi connectivity index (χ0n) is 6.93. The summed E-state index contributed by atoms with van der Waals surface area (Å²) >= 11 is 0. The van der Waals surface area contributed by atoms with Gasteiger partial charge in [-0.25, -0.2) is 0 Å². The highest BCUT2D eigenvalue weighted by Gasteiger charge is 1.69. The molecule has 0 aromatic heterocycles. The van der Waals surface area contributed by atoms with E-state index >= 15 is 0 Å². The predicted molar refractivity (Wildman–Crippen MR) is 75.2 cm³/mol. The van der Waals surface area contributed by atoms with Crippen molar-refractivity contribution >= 4 is 5.78 Å². The topological polar surface area (TPSA) is 37.3 Å². The number of Topliss-reactive ketones (excluding diaryl/α,β-unsaturated/α-hetero) is 1. The first-order chi connectivity index (χ1) is 3.46. The fraction of sp³-hybridized carbons (Fsp3) is 0.917. The van der Waals surface area contributed by atoms with Crippen LogP contribution < -0.4 is 0 Å². The zero-order chi connectivity index (χ0) is 7.15. The molecule has 0 amide bonds. The van der Waals surface area contributed by atoms with Crippen molar-refractivity contribution in [2.45, 2.75) is 78.4 Å². The van der Waals surface area contributed by atoms with Gasteiger partial charge < -0.3 is 9.90 Å². The second-order valence-electron chi connectivity index (χ2n) is 2.00. The molecule has 2 heteroatoms. The predicted octanol–water partition coefficient (Wildman–Crippen LogP) is 4.91. The Labute approximate surface area is 96.2 Å². The van der Waals surface area contributed by atoms with Crippen LogP contribution in [-0.2, 0) is 4.79 Å². The SMILES string of the molecule is C.C.C.C.C.C.CC(C)=O.CC(C)O.[H+]. The van der Waals surface area contributed by atoms with Crippen molar-refractivity contribution < 1.29 is 11.3 Å². The standard InChI is InChI=1S/C3H8O.C3H6O.6CH4/c2*1-3(2)4;;;;;;/h3-4H,1-2H3;1-2H3;6*1H4/p+1. The molecule has 0 aliphatic carbocycles. The van der Waals surface area contributed by atoms with Crippen molar-refractivity contribution in [2.24, 2.45) is 0 Å². The lowest BCUT2D eigenvalue weighted by molar-refractivity contribution is -0.114. The summed E-state index contributed by atoms with van der Waals surface area (Å²) in [6.07, 6.45) is -0.167. The van der Waals surface area contributed by atoms with Gasteiger partial charge in [-0.2, -0.15) is 0 Å². The molecule has 14 heavy (non-hydrogen) atoms. The van der Waals surface area contributed by atoms with E-state index in [1.807, 2.05) is 0 Å². The van der Waals surface area contributed by atoms with Gasteiger partial charge in [-0.1, -0.05) is 44.6 Å². The summed E-state index contributed by atoms with van der Waals surface area (Å²) in [5.41, 5.74) is 0. The Morgan fingerprint density at radius 1 is 0.929 bits per heavy atom. The Hall–Kier alpha value is -0.370. The van der Waals surface area contributed by atoms with Crippen LogP contribution >= 0.6 is 0 Å². The van der Waals surface area contributed by atoms with E-state index in [0.29, 0.717) is 0 Å². The van der Waals surface area contributed by atoms with Crippen molar-refractivity contribution in [1.29, 1.82) is 0 Å². The molecule has 0 aromatic rings. The summed E-state index contributed by atoms with van der Waals surface area (Å²) in [5, 5.41) is 8.06. The zero-order valence-corrected chi connectivity index (χ0v) is 5.93. The van der Waals surface area contributed by atoms with Gasteiger partial charge in [0.25, 0.3) is 0 Å². The van der Waals surface area contributed by atoms with Crippen molar-refractivity contribution in [3.05, 3.63) is 0 Å². The summed E-state index contributed by atoms with van der Waals surface area (Å²) < 4.78 is 0. The van der Waals surface area contributed by atoms with Crippen LogP contribution in [-0.4, -0.2) is 17.0 Å². The second kappa shape index (κ2) is 53.9. The number of carbonyl (C=O) groups is 1. The van der Waals surface area contributed by atoms with E-state index < -0.39 is 0 Å². The van der Waals surface area contributed by atoms with Gasteiger partial charge in [0.1, 0.15) is 5.78 Å². The summed E-state index contributed by atoms with van der Waals surface area (Å²) in [6.45, 7) is 6.50. The summed E-state index contributed by atoms with van der Waals surface area (Å²) in [7, 11) is 0. The molecule has 98 valence electrons. The fourth-order valence-corrected chi connectivity index (χ4v) is 0. The van der Waals surface area contributed by atoms with Crippen LogP contribution in [0, 0.1) is 0 Å². The van der Waals surface area contributed by atoms with Gasteiger partial charge in [0.2, 0.25) is 0 Å². The number of carbonyl (C=O) groups excluding carboxylic acids is 1. The first-order valence-corrected chi connectivity index (χ1v) is 2.62. The minimum absolute atomic E-state index is 0. The van der Waals surface area contributed by atoms with Crippen LogP contribution in [0.5, 0.6) is 0 Å². The van der Waals surface area contributed by atoms with Gasteiger partial charge in [0, 0.05) is 6.10 Å². The third-order valence-electron chi connectivity index (χ3n) is 0. The number of rotatable bonds is 0. The highest BCUT2D eigenvalue weighted by Crippen LogP contribution is 1.65. The summed E-state index contributed by atoms with van der Waals surface area (Å²) in [6, 6.07) is 0. The van der Waals surface area contributed by atoms with E-state index in [1.165, 1.54) is 13.8 Å². The van der Waals surface area contributed by atoms with Gasteiger partial charge in [-0.05, 0) is 27.7 Å². The van der Waals surface area contributed by atoms with E-state index in [9.17, 15) is 4.79 Å². The lowest BCUT2D eigenvalue weighted by Crippen LogP contribution is -1.85. The van der Waals surface area contributed by atoms with Crippen LogP contribution in [0.15, 0.2) is 0 Å². The molecule has 0 atom stereocenters. The van der Waals surface area contributed by atoms with Crippen LogP contribution in [0.4, 0.5) is 0 Å². The molecule has 0 spiro atoms. The Morgan fingerprint density at radius 3 is 0.929 bits per heavy atom. The smallest absolute Gasteiger partial charge is 0.394 e. The molecule has 0 rings (SSSR count). The molecule has 1 N–H and O–H groups in total. The molecule has 0 heterocycles. The number of ketones is 1. The molecule has 0 saturated carbocycles. The largest absolute Gasteiger partial charge is 1.00 e. The highest BCUT2D eigenvalue weighted by molar-refractivity contribution is 5.72. The number of aliphatic hydroxyl groups is 1. The van der Waals surface area contributed by atoms with Gasteiger partial charge in [-0.3, -0.25) is 0 Å². The number of hydrogen-bond acceptors (Lipinski definition) is 2. The molecule has 0 radical (unpaired) electrons. The molecular weight excluding hydrogens is 176 g/mol. The molecule has 0 bridgehead atoms. The monoisotopic (exact) mass is 215 g/mol. The number of hydrogen-bond donors (Lipinski definition) is 1. The van der Waals surface area contributed by atoms with Gasteiger partial charge in [-0.15, -0.1) is 0 Å². The molecule has 2 nitrogen and oxygen atoms in total. The number of aliphatic hydroxyl groups excluding tert-OH is 1. The Morgan fingerprint density at radius 2 is 0.929 bits per heavy atom. The van der Waals surface area contributed by atoms with E-state index in [0.717, 1.165) is 0 Å². The Bertz CT molecular complexity index is 57.9. The van der Waals surface area contributed by atoms with Crippen molar-refractivity contribution in [1.82, 2.24) is 0 Å². The summed E-state index contributed by atoms with van der Waals surface area (Å²) in [5.74, 6) is 0.167. The molecule has 0 aliphatic heterocycles. The van der Waals surface area contributed by atoms with Crippen molar-refractivity contribution in [3.8, 4) is 0 Å². The fourth-order valence-electron chi connectivity index (χ4n) is 0. The van der Waals surface area contributed by atoms with E-state index in [-0.39, 0.29) is 57.9 Å². The minimum atomic E-state index is -0.167. The Balaban J connectivity index is -0.00000000468. The third kappa shape index (κ3) is 9600. The van der Waals surface area contributed by atoms with Crippen molar-refractivity contribution in [3.63, 3.8) is 0 Å². The highest BCUT2D eigenvalue weighted by atomic mass is 16.3. The van der Waals surface area contributed by atoms with Gasteiger partial charge in [0.05, 0.1) is 0 Å². The van der Waals surface area contributed by atoms with Gasteiger partial charge in [0.15, 0.2) is 0 Å².